The maximum absolute atomic E-state index is 6.30. The standard InChI is InChI=1S/C24H24ClN5/c25-20-6-2-1-5-19(20)22-9-8-17(13-27-22)15-30-12-10-21-18(16-30)14-28-24(29-21)23-7-3-4-11-26-23/h1-2,5-6,8-9,13-14H,3-4,7,10-12,15-16H2. The second kappa shape index (κ2) is 8.62. The molecular weight excluding hydrogens is 394 g/mol. The molecule has 0 saturated heterocycles. The van der Waals surface area contributed by atoms with E-state index in [2.05, 4.69) is 32.0 Å². The number of fused-ring (bicyclic) bond motifs is 1. The molecule has 0 saturated carbocycles. The van der Waals surface area contributed by atoms with Crippen LogP contribution in [0, 0.1) is 0 Å². The fourth-order valence-electron chi connectivity index (χ4n) is 4.13. The van der Waals surface area contributed by atoms with Gasteiger partial charge in [0, 0.05) is 61.1 Å². The quantitative estimate of drug-likeness (QED) is 0.616. The minimum absolute atomic E-state index is 0.726. The monoisotopic (exact) mass is 417 g/mol. The summed E-state index contributed by atoms with van der Waals surface area (Å²) in [4.78, 5) is 21.1. The van der Waals surface area contributed by atoms with Gasteiger partial charge in [-0.1, -0.05) is 35.9 Å². The molecule has 2 aliphatic rings. The third kappa shape index (κ3) is 4.13. The Morgan fingerprint density at radius 3 is 2.70 bits per heavy atom. The third-order valence-corrected chi connectivity index (χ3v) is 6.11. The molecule has 6 heteroatoms. The van der Waals surface area contributed by atoms with Crippen LogP contribution in [0.3, 0.4) is 0 Å². The fourth-order valence-corrected chi connectivity index (χ4v) is 4.37. The van der Waals surface area contributed by atoms with E-state index in [0.29, 0.717) is 0 Å². The highest BCUT2D eigenvalue weighted by Gasteiger charge is 2.20. The first kappa shape index (κ1) is 19.3. The van der Waals surface area contributed by atoms with Gasteiger partial charge in [-0.2, -0.15) is 0 Å². The van der Waals surface area contributed by atoms with Crippen molar-refractivity contribution < 1.29 is 0 Å². The van der Waals surface area contributed by atoms with E-state index in [-0.39, 0.29) is 0 Å². The Balaban J connectivity index is 1.26. The number of aromatic nitrogens is 3. The van der Waals surface area contributed by atoms with Crippen molar-refractivity contribution in [2.24, 2.45) is 4.99 Å². The van der Waals surface area contributed by atoms with Crippen LogP contribution in [0.25, 0.3) is 11.3 Å². The van der Waals surface area contributed by atoms with E-state index in [9.17, 15) is 0 Å². The van der Waals surface area contributed by atoms with E-state index in [0.717, 1.165) is 66.8 Å². The van der Waals surface area contributed by atoms with E-state index in [1.807, 2.05) is 36.7 Å². The topological polar surface area (TPSA) is 54.3 Å². The van der Waals surface area contributed by atoms with Gasteiger partial charge in [-0.15, -0.1) is 0 Å². The molecule has 0 bridgehead atoms. The zero-order valence-corrected chi connectivity index (χ0v) is 17.6. The number of nitrogens with zero attached hydrogens (tertiary/aromatic N) is 5. The van der Waals surface area contributed by atoms with Crippen LogP contribution in [-0.2, 0) is 19.5 Å². The lowest BCUT2D eigenvalue weighted by atomic mass is 10.0. The Morgan fingerprint density at radius 2 is 1.90 bits per heavy atom. The van der Waals surface area contributed by atoms with Crippen LogP contribution in [0.5, 0.6) is 0 Å². The first-order chi connectivity index (χ1) is 14.8. The van der Waals surface area contributed by atoms with Gasteiger partial charge >= 0.3 is 0 Å². The van der Waals surface area contributed by atoms with E-state index < -0.39 is 0 Å². The lowest BCUT2D eigenvalue weighted by Crippen LogP contribution is -2.31. The highest BCUT2D eigenvalue weighted by Crippen LogP contribution is 2.26. The molecule has 30 heavy (non-hydrogen) atoms. The smallest absolute Gasteiger partial charge is 0.173 e. The van der Waals surface area contributed by atoms with Gasteiger partial charge in [-0.05, 0) is 37.0 Å². The van der Waals surface area contributed by atoms with Crippen LogP contribution >= 0.6 is 11.6 Å². The number of halogens is 1. The van der Waals surface area contributed by atoms with Crippen LogP contribution < -0.4 is 0 Å². The van der Waals surface area contributed by atoms with Crippen molar-refractivity contribution in [1.82, 2.24) is 19.9 Å². The predicted molar refractivity (Wildman–Crippen MR) is 120 cm³/mol. The van der Waals surface area contributed by atoms with Gasteiger partial charge in [0.05, 0.1) is 17.1 Å². The normalized spacial score (nSPS) is 16.8. The molecule has 3 aromatic rings. The maximum atomic E-state index is 6.30. The summed E-state index contributed by atoms with van der Waals surface area (Å²) >= 11 is 6.30. The predicted octanol–water partition coefficient (Wildman–Crippen LogP) is 4.72. The van der Waals surface area contributed by atoms with Gasteiger partial charge in [-0.3, -0.25) is 14.9 Å². The molecule has 0 N–H and O–H groups in total. The highest BCUT2D eigenvalue weighted by atomic mass is 35.5. The first-order valence-corrected chi connectivity index (χ1v) is 10.9. The molecule has 2 aromatic heterocycles. The molecule has 0 spiro atoms. The average Bonchev–Trinajstić information content (AvgIpc) is 2.80. The number of benzene rings is 1. The van der Waals surface area contributed by atoms with E-state index in [1.165, 1.54) is 29.7 Å². The Hall–Kier alpha value is -2.63. The number of pyridine rings is 1. The maximum Gasteiger partial charge on any atom is 0.173 e. The summed E-state index contributed by atoms with van der Waals surface area (Å²) in [7, 11) is 0. The van der Waals surface area contributed by atoms with Gasteiger partial charge < -0.3 is 0 Å². The Morgan fingerprint density at radius 1 is 0.967 bits per heavy atom. The summed E-state index contributed by atoms with van der Waals surface area (Å²) in [5, 5.41) is 0.726. The zero-order valence-electron chi connectivity index (χ0n) is 16.9. The van der Waals surface area contributed by atoms with Crippen molar-refractivity contribution in [3.8, 4) is 11.3 Å². The van der Waals surface area contributed by atoms with Crippen LogP contribution in [-0.4, -0.2) is 38.7 Å². The number of hydrogen-bond donors (Lipinski definition) is 0. The van der Waals surface area contributed by atoms with E-state index in [4.69, 9.17) is 16.6 Å². The van der Waals surface area contributed by atoms with Crippen molar-refractivity contribution in [2.75, 3.05) is 13.1 Å². The van der Waals surface area contributed by atoms with Gasteiger partial charge in [0.1, 0.15) is 0 Å². The number of aliphatic imine (C=N–C) groups is 1. The van der Waals surface area contributed by atoms with Gasteiger partial charge in [-0.25, -0.2) is 9.97 Å². The summed E-state index contributed by atoms with van der Waals surface area (Å²) in [6, 6.07) is 12.0. The molecule has 0 radical (unpaired) electrons. The fraction of sp³-hybridized carbons (Fsp3) is 0.333. The SMILES string of the molecule is Clc1ccccc1-c1ccc(CN2CCc3nc(C4=NCCCC4)ncc3C2)cn1. The highest BCUT2D eigenvalue weighted by molar-refractivity contribution is 6.33. The van der Waals surface area contributed by atoms with Crippen LogP contribution in [0.15, 0.2) is 53.8 Å². The molecular formula is C24H24ClN5. The molecule has 5 rings (SSSR count). The number of hydrogen-bond acceptors (Lipinski definition) is 5. The molecule has 1 aromatic carbocycles. The lowest BCUT2D eigenvalue weighted by Gasteiger charge is -2.28. The van der Waals surface area contributed by atoms with E-state index >= 15 is 0 Å². The van der Waals surface area contributed by atoms with Crippen molar-refractivity contribution in [2.45, 2.75) is 38.8 Å². The molecule has 152 valence electrons. The Labute approximate surface area is 181 Å². The zero-order chi connectivity index (χ0) is 20.3. The molecule has 0 aliphatic carbocycles. The van der Waals surface area contributed by atoms with Crippen molar-refractivity contribution in [1.29, 1.82) is 0 Å². The summed E-state index contributed by atoms with van der Waals surface area (Å²) in [6.07, 6.45) is 8.27. The lowest BCUT2D eigenvalue weighted by molar-refractivity contribution is 0.242. The third-order valence-electron chi connectivity index (χ3n) is 5.78. The van der Waals surface area contributed by atoms with E-state index in [1.54, 1.807) is 0 Å². The van der Waals surface area contributed by atoms with Crippen molar-refractivity contribution >= 4 is 17.3 Å². The van der Waals surface area contributed by atoms with Gasteiger partial charge in [0.25, 0.3) is 0 Å². The first-order valence-electron chi connectivity index (χ1n) is 10.6. The van der Waals surface area contributed by atoms with Crippen LogP contribution in [0.1, 0.15) is 41.9 Å². The largest absolute Gasteiger partial charge is 0.294 e. The molecule has 0 unspecified atom stereocenters. The summed E-state index contributed by atoms with van der Waals surface area (Å²) in [6.45, 7) is 3.63. The van der Waals surface area contributed by atoms with Gasteiger partial charge in [0.2, 0.25) is 0 Å². The van der Waals surface area contributed by atoms with Crippen molar-refractivity contribution in [3.05, 3.63) is 76.5 Å². The molecule has 4 heterocycles. The summed E-state index contributed by atoms with van der Waals surface area (Å²) in [5.74, 6) is 0.835. The molecule has 0 fully saturated rings. The summed E-state index contributed by atoms with van der Waals surface area (Å²) < 4.78 is 0. The molecule has 0 atom stereocenters. The molecule has 2 aliphatic heterocycles. The molecule has 5 nitrogen and oxygen atoms in total. The molecule has 0 amide bonds. The summed E-state index contributed by atoms with van der Waals surface area (Å²) in [5.41, 5.74) is 6.55. The Kier molecular flexibility index (Phi) is 5.56. The Bertz CT molecular complexity index is 1080. The number of rotatable bonds is 4. The second-order valence-electron chi connectivity index (χ2n) is 7.94. The van der Waals surface area contributed by atoms with Crippen LogP contribution in [0.2, 0.25) is 5.02 Å². The second-order valence-corrected chi connectivity index (χ2v) is 8.35. The minimum atomic E-state index is 0.726. The van der Waals surface area contributed by atoms with Gasteiger partial charge in [0.15, 0.2) is 5.82 Å². The van der Waals surface area contributed by atoms with Crippen LogP contribution in [0.4, 0.5) is 0 Å². The minimum Gasteiger partial charge on any atom is -0.294 e. The average molecular weight is 418 g/mol. The van der Waals surface area contributed by atoms with Crippen molar-refractivity contribution in [3.63, 3.8) is 0 Å².